The highest BCUT2D eigenvalue weighted by molar-refractivity contribution is 7.89. The summed E-state index contributed by atoms with van der Waals surface area (Å²) in [5.74, 6) is -0.437. The van der Waals surface area contributed by atoms with E-state index in [1.807, 2.05) is 37.3 Å². The van der Waals surface area contributed by atoms with Gasteiger partial charge in [0.15, 0.2) is 0 Å². The van der Waals surface area contributed by atoms with Gasteiger partial charge >= 0.3 is 0 Å². The average molecular weight is 363 g/mol. The van der Waals surface area contributed by atoms with Gasteiger partial charge in [0.05, 0.1) is 17.6 Å². The molecule has 134 valence electrons. The van der Waals surface area contributed by atoms with E-state index < -0.39 is 15.8 Å². The fourth-order valence-electron chi connectivity index (χ4n) is 3.16. The summed E-state index contributed by atoms with van der Waals surface area (Å²) in [7, 11) is -3.70. The first-order valence-corrected chi connectivity index (χ1v) is 9.75. The SMILES string of the molecule is Cc1cc(F)ccc1S(=O)(=O)N1CC(Cc2ccccc2)OCC1C. The molecule has 2 aromatic carbocycles. The second-order valence-electron chi connectivity index (χ2n) is 6.48. The van der Waals surface area contributed by atoms with Crippen molar-refractivity contribution in [1.82, 2.24) is 4.31 Å². The van der Waals surface area contributed by atoms with E-state index in [9.17, 15) is 12.8 Å². The highest BCUT2D eigenvalue weighted by Gasteiger charge is 2.36. The molecule has 3 rings (SSSR count). The number of hydrogen-bond donors (Lipinski definition) is 0. The summed E-state index contributed by atoms with van der Waals surface area (Å²) >= 11 is 0. The van der Waals surface area contributed by atoms with Crippen molar-refractivity contribution in [2.75, 3.05) is 13.2 Å². The van der Waals surface area contributed by atoms with E-state index in [0.29, 0.717) is 18.6 Å². The maximum absolute atomic E-state index is 13.3. The molecule has 1 fully saturated rings. The molecule has 0 spiro atoms. The number of aryl methyl sites for hydroxylation is 1. The van der Waals surface area contributed by atoms with Gasteiger partial charge in [-0.05, 0) is 49.6 Å². The van der Waals surface area contributed by atoms with Crippen LogP contribution in [0.15, 0.2) is 53.4 Å². The largest absolute Gasteiger partial charge is 0.375 e. The predicted octanol–water partition coefficient (Wildman–Crippen LogP) is 3.15. The number of ether oxygens (including phenoxy) is 1. The van der Waals surface area contributed by atoms with Crippen LogP contribution in [0.4, 0.5) is 4.39 Å². The van der Waals surface area contributed by atoms with Crippen molar-refractivity contribution in [1.29, 1.82) is 0 Å². The normalized spacial score (nSPS) is 22.0. The molecule has 1 aliphatic heterocycles. The van der Waals surface area contributed by atoms with Gasteiger partial charge in [-0.25, -0.2) is 12.8 Å². The Morgan fingerprint density at radius 3 is 2.60 bits per heavy atom. The maximum atomic E-state index is 13.3. The van der Waals surface area contributed by atoms with Crippen LogP contribution in [0.25, 0.3) is 0 Å². The Bertz CT molecular complexity index is 839. The Balaban J connectivity index is 1.84. The summed E-state index contributed by atoms with van der Waals surface area (Å²) in [6, 6.07) is 13.4. The van der Waals surface area contributed by atoms with E-state index in [-0.39, 0.29) is 23.6 Å². The number of hydrogen-bond acceptors (Lipinski definition) is 3. The van der Waals surface area contributed by atoms with Crippen LogP contribution < -0.4 is 0 Å². The summed E-state index contributed by atoms with van der Waals surface area (Å²) in [6.45, 7) is 4.07. The third-order valence-electron chi connectivity index (χ3n) is 4.48. The fraction of sp³-hybridized carbons (Fsp3) is 0.368. The minimum absolute atomic E-state index is 0.154. The van der Waals surface area contributed by atoms with Gasteiger partial charge in [-0.15, -0.1) is 0 Å². The van der Waals surface area contributed by atoms with Crippen LogP contribution in [0.3, 0.4) is 0 Å². The van der Waals surface area contributed by atoms with Crippen LogP contribution in [0, 0.1) is 12.7 Å². The molecular weight excluding hydrogens is 341 g/mol. The molecule has 1 heterocycles. The first kappa shape index (κ1) is 18.0. The first-order chi connectivity index (χ1) is 11.9. The second-order valence-corrected chi connectivity index (χ2v) is 8.34. The molecule has 6 heteroatoms. The van der Waals surface area contributed by atoms with E-state index in [2.05, 4.69) is 0 Å². The summed E-state index contributed by atoms with van der Waals surface area (Å²) in [4.78, 5) is 0.154. The molecule has 0 N–H and O–H groups in total. The molecule has 25 heavy (non-hydrogen) atoms. The summed E-state index contributed by atoms with van der Waals surface area (Å²) in [6.07, 6.45) is 0.455. The van der Waals surface area contributed by atoms with E-state index >= 15 is 0 Å². The van der Waals surface area contributed by atoms with Gasteiger partial charge in [0.25, 0.3) is 0 Å². The topological polar surface area (TPSA) is 46.6 Å². The third-order valence-corrected chi connectivity index (χ3v) is 6.62. The number of rotatable bonds is 4. The van der Waals surface area contributed by atoms with Crippen LogP contribution in [0.2, 0.25) is 0 Å². The molecule has 0 aliphatic carbocycles. The molecule has 0 aromatic heterocycles. The van der Waals surface area contributed by atoms with E-state index in [1.54, 1.807) is 6.92 Å². The minimum atomic E-state index is -3.70. The lowest BCUT2D eigenvalue weighted by atomic mass is 10.1. The van der Waals surface area contributed by atoms with Crippen molar-refractivity contribution >= 4 is 10.0 Å². The monoisotopic (exact) mass is 363 g/mol. The molecule has 1 saturated heterocycles. The minimum Gasteiger partial charge on any atom is -0.375 e. The number of halogens is 1. The van der Waals surface area contributed by atoms with Crippen molar-refractivity contribution in [3.8, 4) is 0 Å². The van der Waals surface area contributed by atoms with Crippen LogP contribution >= 0.6 is 0 Å². The molecule has 2 unspecified atom stereocenters. The number of morpholine rings is 1. The van der Waals surface area contributed by atoms with E-state index in [4.69, 9.17) is 4.74 Å². The lowest BCUT2D eigenvalue weighted by Gasteiger charge is -2.37. The molecular formula is C19H22FNO3S. The van der Waals surface area contributed by atoms with Crippen molar-refractivity contribution in [2.45, 2.75) is 37.3 Å². The van der Waals surface area contributed by atoms with Gasteiger partial charge in [0.1, 0.15) is 5.82 Å². The van der Waals surface area contributed by atoms with Crippen LogP contribution in [0.5, 0.6) is 0 Å². The molecule has 0 saturated carbocycles. The van der Waals surface area contributed by atoms with E-state index in [0.717, 1.165) is 5.56 Å². The second kappa shape index (κ2) is 7.23. The Hall–Kier alpha value is -1.76. The van der Waals surface area contributed by atoms with Gasteiger partial charge in [-0.3, -0.25) is 0 Å². The molecule has 0 bridgehead atoms. The molecule has 2 atom stereocenters. The van der Waals surface area contributed by atoms with Crippen LogP contribution in [-0.2, 0) is 21.2 Å². The smallest absolute Gasteiger partial charge is 0.243 e. The first-order valence-electron chi connectivity index (χ1n) is 8.31. The van der Waals surface area contributed by atoms with Gasteiger partial charge in [-0.2, -0.15) is 4.31 Å². The quantitative estimate of drug-likeness (QED) is 0.838. The Morgan fingerprint density at radius 2 is 1.92 bits per heavy atom. The van der Waals surface area contributed by atoms with Crippen molar-refractivity contribution in [2.24, 2.45) is 0 Å². The average Bonchev–Trinajstić information content (AvgIpc) is 2.57. The standard InChI is InChI=1S/C19H22FNO3S/c1-14-10-17(20)8-9-19(14)25(22,23)21-12-18(24-13-15(21)2)11-16-6-4-3-5-7-16/h3-10,15,18H,11-13H2,1-2H3. The maximum Gasteiger partial charge on any atom is 0.243 e. The molecule has 0 radical (unpaired) electrons. The van der Waals surface area contributed by atoms with Gasteiger partial charge < -0.3 is 4.74 Å². The van der Waals surface area contributed by atoms with Gasteiger partial charge in [0, 0.05) is 12.6 Å². The van der Waals surface area contributed by atoms with Crippen LogP contribution in [-0.4, -0.2) is 38.0 Å². The highest BCUT2D eigenvalue weighted by Crippen LogP contribution is 2.26. The molecule has 2 aromatic rings. The summed E-state index contributed by atoms with van der Waals surface area (Å²) in [5, 5.41) is 0. The zero-order chi connectivity index (χ0) is 18.0. The zero-order valence-corrected chi connectivity index (χ0v) is 15.2. The van der Waals surface area contributed by atoms with Crippen LogP contribution in [0.1, 0.15) is 18.1 Å². The summed E-state index contributed by atoms with van der Waals surface area (Å²) in [5.41, 5.74) is 1.52. The summed E-state index contributed by atoms with van der Waals surface area (Å²) < 4.78 is 46.8. The van der Waals surface area contributed by atoms with Crippen molar-refractivity contribution in [3.05, 3.63) is 65.5 Å². The molecule has 0 amide bonds. The molecule has 4 nitrogen and oxygen atoms in total. The van der Waals surface area contributed by atoms with Gasteiger partial charge in [0.2, 0.25) is 10.0 Å². The number of benzene rings is 2. The lowest BCUT2D eigenvalue weighted by molar-refractivity contribution is -0.0265. The Kier molecular flexibility index (Phi) is 5.22. The predicted molar refractivity (Wildman–Crippen MR) is 94.4 cm³/mol. The van der Waals surface area contributed by atoms with Crippen molar-refractivity contribution in [3.63, 3.8) is 0 Å². The van der Waals surface area contributed by atoms with E-state index in [1.165, 1.54) is 22.5 Å². The third kappa shape index (κ3) is 3.92. The number of nitrogens with zero attached hydrogens (tertiary/aromatic N) is 1. The fourth-order valence-corrected chi connectivity index (χ4v) is 5.01. The Labute approximate surface area is 148 Å². The molecule has 1 aliphatic rings. The van der Waals surface area contributed by atoms with Crippen molar-refractivity contribution < 1.29 is 17.5 Å². The lowest BCUT2D eigenvalue weighted by Crippen LogP contribution is -2.51. The zero-order valence-electron chi connectivity index (χ0n) is 14.4. The number of sulfonamides is 1. The Morgan fingerprint density at radius 1 is 1.20 bits per heavy atom. The highest BCUT2D eigenvalue weighted by atomic mass is 32.2. The van der Waals surface area contributed by atoms with Gasteiger partial charge in [-0.1, -0.05) is 30.3 Å².